The number of ether oxygens (including phenoxy) is 1. The van der Waals surface area contributed by atoms with Crippen LogP contribution in [-0.4, -0.2) is 42.0 Å². The van der Waals surface area contributed by atoms with E-state index in [0.29, 0.717) is 18.2 Å². The molecule has 31 heavy (non-hydrogen) atoms. The topological polar surface area (TPSA) is 58.6 Å². The maximum absolute atomic E-state index is 10.6. The second kappa shape index (κ2) is 11.7. The average Bonchev–Trinajstić information content (AvgIpc) is 3.10. The van der Waals surface area contributed by atoms with E-state index in [4.69, 9.17) is 37.8 Å². The van der Waals surface area contributed by atoms with E-state index in [2.05, 4.69) is 36.5 Å². The van der Waals surface area contributed by atoms with Gasteiger partial charge in [-0.2, -0.15) is 13.2 Å². The third-order valence-electron chi connectivity index (χ3n) is 4.70. The Morgan fingerprint density at radius 2 is 1.48 bits per heavy atom. The number of aliphatic carboxylic acids is 1. The van der Waals surface area contributed by atoms with Gasteiger partial charge >= 0.3 is 12.1 Å². The van der Waals surface area contributed by atoms with Gasteiger partial charge in [0.15, 0.2) is 0 Å². The van der Waals surface area contributed by atoms with Gasteiger partial charge in [0, 0.05) is 22.1 Å². The Kier molecular flexibility index (Phi) is 9.62. The smallest absolute Gasteiger partial charge is 0.475 e. The third kappa shape index (κ3) is 9.47. The molecule has 3 rings (SSSR count). The lowest BCUT2D eigenvalue weighted by Crippen LogP contribution is -2.41. The first kappa shape index (κ1) is 25.5. The molecule has 0 bridgehead atoms. The van der Waals surface area contributed by atoms with E-state index in [1.54, 1.807) is 0 Å². The summed E-state index contributed by atoms with van der Waals surface area (Å²) >= 11 is 12.0. The number of benzene rings is 2. The molecule has 1 aliphatic rings. The Morgan fingerprint density at radius 1 is 1.06 bits per heavy atom. The average molecular weight is 478 g/mol. The van der Waals surface area contributed by atoms with Gasteiger partial charge in [0.1, 0.15) is 0 Å². The van der Waals surface area contributed by atoms with Crippen LogP contribution in [0.25, 0.3) is 0 Å². The van der Waals surface area contributed by atoms with Gasteiger partial charge in [-0.05, 0) is 61.6 Å². The van der Waals surface area contributed by atoms with Gasteiger partial charge in [-0.15, -0.1) is 0 Å². The first-order valence-electron chi connectivity index (χ1n) is 9.69. The number of carboxylic acids is 1. The summed E-state index contributed by atoms with van der Waals surface area (Å²) in [5.74, 6) is -2.76. The molecule has 1 heterocycles. The van der Waals surface area contributed by atoms with Crippen LogP contribution in [0.1, 0.15) is 24.5 Å². The highest BCUT2D eigenvalue weighted by molar-refractivity contribution is 6.30. The Labute approximate surface area is 189 Å². The summed E-state index contributed by atoms with van der Waals surface area (Å²) < 4.78 is 37.4. The fraction of sp³-hybridized carbons (Fsp3) is 0.409. The van der Waals surface area contributed by atoms with Crippen LogP contribution in [0.15, 0.2) is 48.5 Å². The number of carboxylic acid groups (broad SMARTS) is 1. The van der Waals surface area contributed by atoms with Crippen molar-refractivity contribution in [3.05, 3.63) is 69.7 Å². The van der Waals surface area contributed by atoms with Crippen molar-refractivity contribution in [3.63, 3.8) is 0 Å². The van der Waals surface area contributed by atoms with E-state index >= 15 is 0 Å². The van der Waals surface area contributed by atoms with Gasteiger partial charge in [0.25, 0.3) is 0 Å². The highest BCUT2D eigenvalue weighted by Crippen LogP contribution is 2.18. The summed E-state index contributed by atoms with van der Waals surface area (Å²) in [6, 6.07) is 17.0. The van der Waals surface area contributed by atoms with Crippen LogP contribution >= 0.6 is 23.2 Å². The molecule has 1 saturated heterocycles. The molecule has 0 radical (unpaired) electrons. The van der Waals surface area contributed by atoms with Crippen LogP contribution in [0, 0.1) is 0 Å². The molecule has 2 aromatic carbocycles. The van der Waals surface area contributed by atoms with Crippen LogP contribution in [0.3, 0.4) is 0 Å². The molecule has 0 aliphatic carbocycles. The second-order valence-corrected chi connectivity index (χ2v) is 8.28. The fourth-order valence-corrected chi connectivity index (χ4v) is 3.52. The Balaban J connectivity index is 0.000000423. The zero-order valence-electron chi connectivity index (χ0n) is 16.8. The van der Waals surface area contributed by atoms with E-state index < -0.39 is 12.1 Å². The lowest BCUT2D eigenvalue weighted by atomic mass is 9.97. The predicted octanol–water partition coefficient (Wildman–Crippen LogP) is 5.55. The molecular weight excluding hydrogens is 454 g/mol. The molecule has 9 heteroatoms. The number of rotatable bonds is 6. The Hall–Kier alpha value is -1.80. The number of alkyl halides is 3. The molecule has 0 saturated carbocycles. The molecular formula is C22H24Cl2F3NO3. The van der Waals surface area contributed by atoms with E-state index in [1.807, 2.05) is 24.3 Å². The monoisotopic (exact) mass is 477 g/mol. The van der Waals surface area contributed by atoms with E-state index in [1.165, 1.54) is 11.1 Å². The van der Waals surface area contributed by atoms with Crippen LogP contribution in [0.2, 0.25) is 10.0 Å². The van der Waals surface area contributed by atoms with Crippen molar-refractivity contribution < 1.29 is 27.8 Å². The summed E-state index contributed by atoms with van der Waals surface area (Å²) in [5.41, 5.74) is 2.58. The number of hydrogen-bond donors (Lipinski definition) is 2. The van der Waals surface area contributed by atoms with E-state index in [0.717, 1.165) is 35.9 Å². The molecule has 4 nitrogen and oxygen atoms in total. The zero-order valence-corrected chi connectivity index (χ0v) is 18.3. The molecule has 2 aromatic rings. The van der Waals surface area contributed by atoms with Gasteiger partial charge in [-0.3, -0.25) is 0 Å². The van der Waals surface area contributed by atoms with Gasteiger partial charge in [-0.25, -0.2) is 4.79 Å². The van der Waals surface area contributed by atoms with Gasteiger partial charge in [-0.1, -0.05) is 47.5 Å². The minimum absolute atomic E-state index is 0.342. The molecule has 0 spiro atoms. The summed E-state index contributed by atoms with van der Waals surface area (Å²) in [6.45, 7) is 2.92. The quantitative estimate of drug-likeness (QED) is 0.572. The SMILES string of the molecule is CC1CC(NC(Cc2ccc(Cl)cc2)Cc2ccc(Cl)cc2)CO1.O=C(O)C(F)(F)F. The van der Waals surface area contributed by atoms with Gasteiger partial charge < -0.3 is 15.2 Å². The molecule has 0 amide bonds. The summed E-state index contributed by atoms with van der Waals surface area (Å²) in [7, 11) is 0. The Bertz CT molecular complexity index is 782. The summed E-state index contributed by atoms with van der Waals surface area (Å²) in [5, 5.41) is 12.5. The molecule has 2 atom stereocenters. The van der Waals surface area contributed by atoms with Gasteiger partial charge in [0.2, 0.25) is 0 Å². The first-order chi connectivity index (χ1) is 14.5. The molecule has 2 unspecified atom stereocenters. The van der Waals surface area contributed by atoms with E-state index in [-0.39, 0.29) is 0 Å². The van der Waals surface area contributed by atoms with Crippen LogP contribution in [0.4, 0.5) is 13.2 Å². The Morgan fingerprint density at radius 3 is 1.81 bits per heavy atom. The van der Waals surface area contributed by atoms with Crippen LogP contribution in [-0.2, 0) is 22.4 Å². The molecule has 170 valence electrons. The highest BCUT2D eigenvalue weighted by atomic mass is 35.5. The standard InChI is InChI=1S/C20H23Cl2NO.C2HF3O2/c1-14-10-20(13-24-14)23-19(11-15-2-6-17(21)7-3-15)12-16-4-8-18(22)9-5-16;3-2(4,5)1(6)7/h2-9,14,19-20,23H,10-13H2,1H3;(H,6,7). The number of halogens is 5. The van der Waals surface area contributed by atoms with Crippen molar-refractivity contribution in [2.45, 2.75) is 50.6 Å². The molecule has 2 N–H and O–H groups in total. The largest absolute Gasteiger partial charge is 0.490 e. The van der Waals surface area contributed by atoms with Crippen molar-refractivity contribution in [3.8, 4) is 0 Å². The third-order valence-corrected chi connectivity index (χ3v) is 5.21. The minimum atomic E-state index is -5.08. The van der Waals surface area contributed by atoms with Crippen molar-refractivity contribution in [2.75, 3.05) is 6.61 Å². The minimum Gasteiger partial charge on any atom is -0.475 e. The molecule has 1 aliphatic heterocycles. The van der Waals surface area contributed by atoms with Gasteiger partial charge in [0.05, 0.1) is 12.7 Å². The predicted molar refractivity (Wildman–Crippen MR) is 115 cm³/mol. The highest BCUT2D eigenvalue weighted by Gasteiger charge is 2.38. The number of nitrogens with one attached hydrogen (secondary N) is 1. The summed E-state index contributed by atoms with van der Waals surface area (Å²) in [6.07, 6.45) is -1.75. The van der Waals surface area contributed by atoms with Crippen molar-refractivity contribution >= 4 is 29.2 Å². The first-order valence-corrected chi connectivity index (χ1v) is 10.4. The number of hydrogen-bond acceptors (Lipinski definition) is 3. The summed E-state index contributed by atoms with van der Waals surface area (Å²) in [4.78, 5) is 8.90. The fourth-order valence-electron chi connectivity index (χ4n) is 3.27. The lowest BCUT2D eigenvalue weighted by Gasteiger charge is -2.23. The van der Waals surface area contributed by atoms with Crippen LogP contribution < -0.4 is 5.32 Å². The van der Waals surface area contributed by atoms with E-state index in [9.17, 15) is 13.2 Å². The van der Waals surface area contributed by atoms with Crippen LogP contribution in [0.5, 0.6) is 0 Å². The van der Waals surface area contributed by atoms with Crippen molar-refractivity contribution in [1.82, 2.24) is 5.32 Å². The second-order valence-electron chi connectivity index (χ2n) is 7.40. The maximum atomic E-state index is 10.6. The van der Waals surface area contributed by atoms with Crippen molar-refractivity contribution in [1.29, 1.82) is 0 Å². The molecule has 1 fully saturated rings. The molecule has 0 aromatic heterocycles. The normalized spacial score (nSPS) is 18.5. The van der Waals surface area contributed by atoms with Crippen molar-refractivity contribution in [2.24, 2.45) is 0 Å². The zero-order chi connectivity index (χ0) is 23.0. The number of carbonyl (C=O) groups is 1. The lowest BCUT2D eigenvalue weighted by molar-refractivity contribution is -0.192. The maximum Gasteiger partial charge on any atom is 0.490 e.